The van der Waals surface area contributed by atoms with E-state index in [2.05, 4.69) is 46.9 Å². The van der Waals surface area contributed by atoms with Crippen molar-refractivity contribution in [1.29, 1.82) is 0 Å². The van der Waals surface area contributed by atoms with E-state index >= 15 is 0 Å². The van der Waals surface area contributed by atoms with Gasteiger partial charge in [0.2, 0.25) is 0 Å². The first-order valence-electron chi connectivity index (χ1n) is 6.20. The van der Waals surface area contributed by atoms with Crippen molar-refractivity contribution in [3.63, 3.8) is 0 Å². The highest BCUT2D eigenvalue weighted by atomic mass is 16.3. The zero-order valence-electron chi connectivity index (χ0n) is 11.3. The van der Waals surface area contributed by atoms with Crippen LogP contribution in [0.4, 0.5) is 0 Å². The SMILES string of the molecule is CC(C)CC(CO)(CC(C)C)NC(C)C. The molecule has 0 amide bonds. The fourth-order valence-electron chi connectivity index (χ4n) is 2.55. The predicted octanol–water partition coefficient (Wildman–Crippen LogP) is 2.81. The normalized spacial score (nSPS) is 13.2. The maximum atomic E-state index is 9.66. The van der Waals surface area contributed by atoms with E-state index in [1.165, 1.54) is 0 Å². The van der Waals surface area contributed by atoms with Crippen molar-refractivity contribution in [3.8, 4) is 0 Å². The van der Waals surface area contributed by atoms with E-state index in [0.29, 0.717) is 17.9 Å². The van der Waals surface area contributed by atoms with Crippen LogP contribution in [0.25, 0.3) is 0 Å². The van der Waals surface area contributed by atoms with E-state index in [1.807, 2.05) is 0 Å². The number of nitrogens with one attached hydrogen (secondary N) is 1. The van der Waals surface area contributed by atoms with Gasteiger partial charge in [-0.25, -0.2) is 0 Å². The summed E-state index contributed by atoms with van der Waals surface area (Å²) in [4.78, 5) is 0. The first-order valence-corrected chi connectivity index (χ1v) is 6.20. The van der Waals surface area contributed by atoms with E-state index in [9.17, 15) is 5.11 Å². The molecule has 0 aromatic carbocycles. The van der Waals surface area contributed by atoms with Crippen LogP contribution in [-0.4, -0.2) is 23.3 Å². The minimum absolute atomic E-state index is 0.0868. The van der Waals surface area contributed by atoms with E-state index in [0.717, 1.165) is 12.8 Å². The van der Waals surface area contributed by atoms with Gasteiger partial charge >= 0.3 is 0 Å². The Kier molecular flexibility index (Phi) is 6.46. The Morgan fingerprint density at radius 1 is 0.933 bits per heavy atom. The predicted molar refractivity (Wildman–Crippen MR) is 67.0 cm³/mol. The first kappa shape index (κ1) is 14.9. The van der Waals surface area contributed by atoms with Crippen LogP contribution in [0.5, 0.6) is 0 Å². The molecule has 92 valence electrons. The second kappa shape index (κ2) is 6.49. The van der Waals surface area contributed by atoms with Crippen LogP contribution in [0, 0.1) is 11.8 Å². The molecule has 0 atom stereocenters. The molecule has 2 heteroatoms. The number of aliphatic hydroxyl groups excluding tert-OH is 1. The lowest BCUT2D eigenvalue weighted by Gasteiger charge is -2.38. The number of rotatable bonds is 7. The van der Waals surface area contributed by atoms with Gasteiger partial charge in [0.05, 0.1) is 6.61 Å². The maximum absolute atomic E-state index is 9.66. The fourth-order valence-corrected chi connectivity index (χ4v) is 2.55. The molecule has 2 nitrogen and oxygen atoms in total. The summed E-state index contributed by atoms with van der Waals surface area (Å²) in [6.45, 7) is 13.4. The van der Waals surface area contributed by atoms with Gasteiger partial charge < -0.3 is 10.4 Å². The molecule has 0 aliphatic rings. The molecule has 0 fully saturated rings. The Balaban J connectivity index is 4.59. The lowest BCUT2D eigenvalue weighted by atomic mass is 9.82. The average molecular weight is 215 g/mol. The van der Waals surface area contributed by atoms with Crippen molar-refractivity contribution in [2.75, 3.05) is 6.61 Å². The summed E-state index contributed by atoms with van der Waals surface area (Å²) >= 11 is 0. The molecule has 0 radical (unpaired) electrons. The molecular formula is C13H29NO. The highest BCUT2D eigenvalue weighted by Gasteiger charge is 2.31. The molecule has 0 aliphatic carbocycles. The van der Waals surface area contributed by atoms with Gasteiger partial charge in [0.1, 0.15) is 0 Å². The van der Waals surface area contributed by atoms with Gasteiger partial charge in [0, 0.05) is 11.6 Å². The molecular weight excluding hydrogens is 186 g/mol. The molecule has 0 bridgehead atoms. The summed E-state index contributed by atoms with van der Waals surface area (Å²) in [5, 5.41) is 13.2. The summed E-state index contributed by atoms with van der Waals surface area (Å²) in [5.74, 6) is 1.23. The largest absolute Gasteiger partial charge is 0.394 e. The van der Waals surface area contributed by atoms with Gasteiger partial charge in [-0.1, -0.05) is 41.5 Å². The van der Waals surface area contributed by atoms with E-state index in [-0.39, 0.29) is 12.1 Å². The lowest BCUT2D eigenvalue weighted by Crippen LogP contribution is -2.53. The Morgan fingerprint density at radius 3 is 1.53 bits per heavy atom. The standard InChI is InChI=1S/C13H29NO/c1-10(2)7-13(9-15,8-11(3)4)14-12(5)6/h10-12,14-15H,7-9H2,1-6H3. The van der Waals surface area contributed by atoms with Crippen molar-refractivity contribution in [3.05, 3.63) is 0 Å². The average Bonchev–Trinajstić information content (AvgIpc) is 1.99. The van der Waals surface area contributed by atoms with E-state index in [4.69, 9.17) is 0 Å². The fraction of sp³-hybridized carbons (Fsp3) is 1.00. The highest BCUT2D eigenvalue weighted by Crippen LogP contribution is 2.25. The Labute approximate surface area is 95.5 Å². The van der Waals surface area contributed by atoms with Crippen LogP contribution < -0.4 is 5.32 Å². The summed E-state index contributed by atoms with van der Waals surface area (Å²) in [6.07, 6.45) is 2.08. The van der Waals surface area contributed by atoms with Crippen LogP contribution in [0.15, 0.2) is 0 Å². The first-order chi connectivity index (χ1) is 6.81. The van der Waals surface area contributed by atoms with E-state index < -0.39 is 0 Å². The maximum Gasteiger partial charge on any atom is 0.0613 e. The number of aliphatic hydroxyl groups is 1. The highest BCUT2D eigenvalue weighted by molar-refractivity contribution is 4.90. The van der Waals surface area contributed by atoms with Crippen LogP contribution in [0.2, 0.25) is 0 Å². The van der Waals surface area contributed by atoms with Gasteiger partial charge in [-0.05, 0) is 24.7 Å². The summed E-state index contributed by atoms with van der Waals surface area (Å²) in [5.41, 5.74) is -0.0868. The Hall–Kier alpha value is -0.0800. The minimum Gasteiger partial charge on any atom is -0.394 e. The third-order valence-corrected chi connectivity index (χ3v) is 2.50. The van der Waals surface area contributed by atoms with E-state index in [1.54, 1.807) is 0 Å². The quantitative estimate of drug-likeness (QED) is 0.684. The number of hydrogen-bond donors (Lipinski definition) is 2. The topological polar surface area (TPSA) is 32.3 Å². The van der Waals surface area contributed by atoms with Gasteiger partial charge in [0.15, 0.2) is 0 Å². The lowest BCUT2D eigenvalue weighted by molar-refractivity contribution is 0.108. The second-order valence-corrected chi connectivity index (χ2v) is 5.93. The summed E-state index contributed by atoms with van der Waals surface area (Å²) in [7, 11) is 0. The second-order valence-electron chi connectivity index (χ2n) is 5.93. The Morgan fingerprint density at radius 2 is 1.33 bits per heavy atom. The monoisotopic (exact) mass is 215 g/mol. The van der Waals surface area contributed by atoms with Crippen LogP contribution in [-0.2, 0) is 0 Å². The van der Waals surface area contributed by atoms with Crippen LogP contribution in [0.3, 0.4) is 0 Å². The molecule has 2 N–H and O–H groups in total. The molecule has 0 aromatic rings. The van der Waals surface area contributed by atoms with Crippen molar-refractivity contribution in [2.24, 2.45) is 11.8 Å². The third-order valence-electron chi connectivity index (χ3n) is 2.50. The summed E-state index contributed by atoms with van der Waals surface area (Å²) < 4.78 is 0. The van der Waals surface area contributed by atoms with Crippen molar-refractivity contribution in [2.45, 2.75) is 66.0 Å². The molecule has 0 aromatic heterocycles. The zero-order chi connectivity index (χ0) is 12.1. The number of hydrogen-bond acceptors (Lipinski definition) is 2. The summed E-state index contributed by atoms with van der Waals surface area (Å²) in [6, 6.07) is 0.426. The van der Waals surface area contributed by atoms with Gasteiger partial charge in [-0.15, -0.1) is 0 Å². The molecule has 0 saturated heterocycles. The molecule has 0 aliphatic heterocycles. The minimum atomic E-state index is -0.0868. The zero-order valence-corrected chi connectivity index (χ0v) is 11.3. The molecule has 0 unspecified atom stereocenters. The van der Waals surface area contributed by atoms with Crippen LogP contribution in [0.1, 0.15) is 54.4 Å². The third kappa shape index (κ3) is 6.16. The van der Waals surface area contributed by atoms with Gasteiger partial charge in [-0.3, -0.25) is 0 Å². The smallest absolute Gasteiger partial charge is 0.0613 e. The van der Waals surface area contributed by atoms with Crippen LogP contribution >= 0.6 is 0 Å². The van der Waals surface area contributed by atoms with Gasteiger partial charge in [0.25, 0.3) is 0 Å². The Bertz CT molecular complexity index is 137. The van der Waals surface area contributed by atoms with Gasteiger partial charge in [-0.2, -0.15) is 0 Å². The molecule has 15 heavy (non-hydrogen) atoms. The van der Waals surface area contributed by atoms with Crippen molar-refractivity contribution < 1.29 is 5.11 Å². The molecule has 0 heterocycles. The molecule has 0 saturated carbocycles. The van der Waals surface area contributed by atoms with Crippen molar-refractivity contribution in [1.82, 2.24) is 5.32 Å². The molecule has 0 spiro atoms. The molecule has 0 rings (SSSR count). The van der Waals surface area contributed by atoms with Crippen molar-refractivity contribution >= 4 is 0 Å².